The Morgan fingerprint density at radius 1 is 1.11 bits per heavy atom. The first-order chi connectivity index (χ1) is 18.1. The minimum absolute atomic E-state index is 0.0305. The summed E-state index contributed by atoms with van der Waals surface area (Å²) in [4.78, 5) is 47.5. The topological polar surface area (TPSA) is 103 Å². The minimum Gasteiger partial charge on any atom is -0.497 e. The first-order valence-corrected chi connectivity index (χ1v) is 13.1. The van der Waals surface area contributed by atoms with E-state index in [-0.39, 0.29) is 18.0 Å². The highest BCUT2D eigenvalue weighted by atomic mass is 16.5. The van der Waals surface area contributed by atoms with Crippen molar-refractivity contribution in [3.8, 4) is 5.75 Å². The third-order valence-electron chi connectivity index (χ3n) is 9.27. The Balaban J connectivity index is 1.27. The Labute approximate surface area is 222 Å². The van der Waals surface area contributed by atoms with Gasteiger partial charge in [-0.3, -0.25) is 19.9 Å². The van der Waals surface area contributed by atoms with Gasteiger partial charge < -0.3 is 19.9 Å². The number of benzene rings is 2. The van der Waals surface area contributed by atoms with Gasteiger partial charge in [0.2, 0.25) is 0 Å². The lowest BCUT2D eigenvalue weighted by molar-refractivity contribution is -0.124. The van der Waals surface area contributed by atoms with Crippen LogP contribution in [0.5, 0.6) is 5.75 Å². The van der Waals surface area contributed by atoms with Crippen molar-refractivity contribution in [1.82, 2.24) is 20.4 Å². The predicted octanol–water partition coefficient (Wildman–Crippen LogP) is 3.00. The Morgan fingerprint density at radius 3 is 2.55 bits per heavy atom. The summed E-state index contributed by atoms with van der Waals surface area (Å²) in [6.07, 6.45) is 4.00. The van der Waals surface area contributed by atoms with Gasteiger partial charge in [-0.05, 0) is 60.4 Å². The summed E-state index contributed by atoms with van der Waals surface area (Å²) in [7, 11) is 3.65. The Morgan fingerprint density at radius 2 is 1.87 bits per heavy atom. The summed E-state index contributed by atoms with van der Waals surface area (Å²) in [5.41, 5.74) is 1.85. The fraction of sp³-hybridized carbons (Fsp3) is 0.448. The molecule has 0 bridgehead atoms. The van der Waals surface area contributed by atoms with Crippen molar-refractivity contribution in [3.05, 3.63) is 64.7 Å². The summed E-state index contributed by atoms with van der Waals surface area (Å²) < 4.78 is 5.28. The third kappa shape index (κ3) is 3.59. The summed E-state index contributed by atoms with van der Waals surface area (Å²) in [5.74, 6) is 0.756. The summed E-state index contributed by atoms with van der Waals surface area (Å²) >= 11 is 0. The van der Waals surface area contributed by atoms with Gasteiger partial charge in [0.15, 0.2) is 5.54 Å². The maximum atomic E-state index is 13.3. The molecule has 2 fully saturated rings. The zero-order valence-corrected chi connectivity index (χ0v) is 22.2. The molecule has 0 spiro atoms. The summed E-state index contributed by atoms with van der Waals surface area (Å²) in [6.45, 7) is 4.92. The van der Waals surface area contributed by atoms with Crippen LogP contribution >= 0.6 is 0 Å². The van der Waals surface area contributed by atoms with E-state index in [2.05, 4.69) is 48.6 Å². The number of hydrogen-bond donors (Lipinski definition) is 2. The normalized spacial score (nSPS) is 31.8. The number of hydrogen-bond acceptors (Lipinski definition) is 6. The van der Waals surface area contributed by atoms with Gasteiger partial charge in [-0.15, -0.1) is 0 Å². The quantitative estimate of drug-likeness (QED) is 0.596. The van der Waals surface area contributed by atoms with E-state index in [9.17, 15) is 14.4 Å². The number of aliphatic imine (C=N–C) groups is 1. The average Bonchev–Trinajstić information content (AvgIpc) is 3.50. The van der Waals surface area contributed by atoms with E-state index in [1.54, 1.807) is 18.1 Å². The van der Waals surface area contributed by atoms with Crippen LogP contribution < -0.4 is 15.4 Å². The maximum Gasteiger partial charge on any atom is 0.322 e. The van der Waals surface area contributed by atoms with E-state index in [0.717, 1.165) is 18.4 Å². The molecule has 1 saturated carbocycles. The molecule has 9 nitrogen and oxygen atoms in total. The molecular weight excluding hydrogens is 482 g/mol. The molecule has 2 aromatic rings. The predicted molar refractivity (Wildman–Crippen MR) is 142 cm³/mol. The van der Waals surface area contributed by atoms with Crippen LogP contribution in [0.2, 0.25) is 0 Å². The first-order valence-electron chi connectivity index (χ1n) is 13.1. The molecule has 4 amide bonds. The molecule has 9 heteroatoms. The molecule has 0 radical (unpaired) electrons. The second-order valence-corrected chi connectivity index (χ2v) is 11.3. The van der Waals surface area contributed by atoms with Gasteiger partial charge in [0, 0.05) is 19.2 Å². The second kappa shape index (κ2) is 8.58. The number of ether oxygens (including phenoxy) is 1. The van der Waals surface area contributed by atoms with Gasteiger partial charge in [-0.2, -0.15) is 0 Å². The van der Waals surface area contributed by atoms with Crippen molar-refractivity contribution in [2.75, 3.05) is 20.7 Å². The number of carbonyl (C=O) groups excluding carboxylic acids is 3. The van der Waals surface area contributed by atoms with Crippen molar-refractivity contribution in [1.29, 1.82) is 0 Å². The molecule has 198 valence electrons. The zero-order chi connectivity index (χ0) is 26.8. The monoisotopic (exact) mass is 515 g/mol. The standard InChI is InChI=1S/C29H33N5O4/c1-17-11-20(12-24-28(17,2)30-16-33(24)3)18-5-8-21(9-6-18)29(26(36)31-27(37)32-29)15-34-14-19-7-10-22(38-4)13-23(19)25(34)35/h5-10,13,16-17,20,24H,11-12,14-15H2,1-4H3,(H2,31,32,36,37)/t17?,20?,24?,28?,29-/m0/s1. The number of urea groups is 1. The van der Waals surface area contributed by atoms with E-state index < -0.39 is 17.5 Å². The number of rotatable bonds is 5. The van der Waals surface area contributed by atoms with Crippen LogP contribution in [0.4, 0.5) is 4.79 Å². The number of nitrogens with one attached hydrogen (secondary N) is 2. The fourth-order valence-electron chi connectivity index (χ4n) is 6.78. The van der Waals surface area contributed by atoms with Crippen molar-refractivity contribution in [3.63, 3.8) is 0 Å². The highest BCUT2D eigenvalue weighted by Gasteiger charge is 2.51. The van der Waals surface area contributed by atoms with Crippen molar-refractivity contribution in [2.45, 2.75) is 56.3 Å². The van der Waals surface area contributed by atoms with Crippen LogP contribution in [0.3, 0.4) is 0 Å². The molecular formula is C29H33N5O4. The smallest absolute Gasteiger partial charge is 0.322 e. The van der Waals surface area contributed by atoms with E-state index in [4.69, 9.17) is 9.73 Å². The number of fused-ring (bicyclic) bond motifs is 2. The summed E-state index contributed by atoms with van der Waals surface area (Å²) in [5, 5.41) is 5.22. The molecule has 38 heavy (non-hydrogen) atoms. The molecule has 5 atom stereocenters. The Bertz CT molecular complexity index is 1360. The van der Waals surface area contributed by atoms with Crippen molar-refractivity contribution < 1.29 is 19.1 Å². The van der Waals surface area contributed by atoms with Gasteiger partial charge in [0.25, 0.3) is 11.8 Å². The molecule has 4 unspecified atom stereocenters. The number of likely N-dealkylation sites (N-methyl/N-ethyl adjacent to an activating group) is 1. The van der Waals surface area contributed by atoms with Crippen LogP contribution in [-0.4, -0.2) is 66.3 Å². The highest BCUT2D eigenvalue weighted by Crippen LogP contribution is 2.47. The number of imide groups is 1. The van der Waals surface area contributed by atoms with Crippen LogP contribution in [0.25, 0.3) is 0 Å². The number of amides is 4. The Hall–Kier alpha value is -3.88. The molecule has 3 heterocycles. The lowest BCUT2D eigenvalue weighted by Crippen LogP contribution is -2.52. The van der Waals surface area contributed by atoms with E-state index in [1.807, 2.05) is 30.6 Å². The van der Waals surface area contributed by atoms with Gasteiger partial charge in [-0.25, -0.2) is 4.79 Å². The summed E-state index contributed by atoms with van der Waals surface area (Å²) in [6, 6.07) is 13.2. The van der Waals surface area contributed by atoms with E-state index in [1.165, 1.54) is 5.56 Å². The zero-order valence-electron chi connectivity index (χ0n) is 22.2. The molecule has 1 saturated heterocycles. The van der Waals surface area contributed by atoms with Crippen LogP contribution in [0.15, 0.2) is 47.5 Å². The lowest BCUT2D eigenvalue weighted by atomic mass is 9.66. The van der Waals surface area contributed by atoms with Crippen LogP contribution in [-0.2, 0) is 16.9 Å². The lowest BCUT2D eigenvalue weighted by Gasteiger charge is -2.45. The second-order valence-electron chi connectivity index (χ2n) is 11.3. The third-order valence-corrected chi connectivity index (χ3v) is 9.27. The molecule has 2 aromatic carbocycles. The van der Waals surface area contributed by atoms with E-state index in [0.29, 0.717) is 41.3 Å². The molecule has 1 aliphatic carbocycles. The highest BCUT2D eigenvalue weighted by molar-refractivity contribution is 6.08. The van der Waals surface area contributed by atoms with Gasteiger partial charge >= 0.3 is 6.03 Å². The molecule has 0 aromatic heterocycles. The average molecular weight is 516 g/mol. The van der Waals surface area contributed by atoms with Crippen molar-refractivity contribution >= 4 is 24.2 Å². The maximum absolute atomic E-state index is 13.3. The Kier molecular flexibility index (Phi) is 5.52. The first kappa shape index (κ1) is 24.5. The molecule has 2 N–H and O–H groups in total. The molecule has 3 aliphatic heterocycles. The molecule has 4 aliphatic rings. The van der Waals surface area contributed by atoms with Crippen molar-refractivity contribution in [2.24, 2.45) is 10.9 Å². The van der Waals surface area contributed by atoms with Gasteiger partial charge in [0.1, 0.15) is 5.75 Å². The number of carbonyl (C=O) groups is 3. The van der Waals surface area contributed by atoms with Crippen LogP contribution in [0.1, 0.15) is 59.7 Å². The number of nitrogens with zero attached hydrogens (tertiary/aromatic N) is 3. The largest absolute Gasteiger partial charge is 0.497 e. The number of methoxy groups -OCH3 is 1. The van der Waals surface area contributed by atoms with Crippen LogP contribution in [0, 0.1) is 5.92 Å². The SMILES string of the molecule is COc1ccc2c(c1)C(=O)N(C[C@@]1(c3ccc(C4CC(C)C5(C)N=CN(C)C5C4)cc3)NC(=O)NC1=O)C2. The minimum atomic E-state index is -1.37. The molecule has 6 rings (SSSR count). The fourth-order valence-corrected chi connectivity index (χ4v) is 6.78. The van der Waals surface area contributed by atoms with E-state index >= 15 is 0 Å². The van der Waals surface area contributed by atoms with Gasteiger partial charge in [0.05, 0.1) is 31.6 Å². The van der Waals surface area contributed by atoms with Gasteiger partial charge in [-0.1, -0.05) is 37.3 Å².